The summed E-state index contributed by atoms with van der Waals surface area (Å²) in [6.07, 6.45) is 0. The Balaban J connectivity index is 2.08. The highest BCUT2D eigenvalue weighted by atomic mass is 35.5. The molecule has 0 spiro atoms. The summed E-state index contributed by atoms with van der Waals surface area (Å²) in [5.41, 5.74) is 9.37. The van der Waals surface area contributed by atoms with Gasteiger partial charge in [0.15, 0.2) is 0 Å². The summed E-state index contributed by atoms with van der Waals surface area (Å²) < 4.78 is 11.0. The molecule has 1 heterocycles. The van der Waals surface area contributed by atoms with Crippen LogP contribution >= 0.6 is 11.6 Å². The fraction of sp³-hybridized carbons (Fsp3) is 0.333. The number of hydrogen-bond donors (Lipinski definition) is 1. The average Bonchev–Trinajstić information content (AvgIpc) is 2.67. The minimum absolute atomic E-state index is 0.0199. The molecule has 2 N–H and O–H groups in total. The molecule has 0 amide bonds. The zero-order valence-corrected chi connectivity index (χ0v) is 9.83. The summed E-state index contributed by atoms with van der Waals surface area (Å²) in [5.74, 6) is 1.59. The predicted molar refractivity (Wildman–Crippen MR) is 64.0 cm³/mol. The third-order valence-electron chi connectivity index (χ3n) is 2.46. The van der Waals surface area contributed by atoms with Crippen LogP contribution in [0.3, 0.4) is 0 Å². The van der Waals surface area contributed by atoms with Crippen LogP contribution in [0.2, 0.25) is 0 Å². The van der Waals surface area contributed by atoms with Crippen molar-refractivity contribution in [3.8, 4) is 11.5 Å². The molecular formula is C12H14ClNO2. The first-order valence-electron chi connectivity index (χ1n) is 5.11. The van der Waals surface area contributed by atoms with E-state index >= 15 is 0 Å². The van der Waals surface area contributed by atoms with Gasteiger partial charge in [-0.15, -0.1) is 0 Å². The Labute approximate surface area is 99.8 Å². The van der Waals surface area contributed by atoms with Crippen LogP contribution in [0.25, 0.3) is 0 Å². The van der Waals surface area contributed by atoms with Crippen molar-refractivity contribution in [1.29, 1.82) is 0 Å². The fourth-order valence-corrected chi connectivity index (χ4v) is 1.60. The molecule has 1 atom stereocenters. The van der Waals surface area contributed by atoms with Gasteiger partial charge < -0.3 is 15.2 Å². The van der Waals surface area contributed by atoms with Crippen LogP contribution in [0, 0.1) is 0 Å². The molecule has 0 aromatic heterocycles. The summed E-state index contributed by atoms with van der Waals surface area (Å²) in [4.78, 5) is 0. The zero-order valence-electron chi connectivity index (χ0n) is 9.07. The van der Waals surface area contributed by atoms with E-state index < -0.39 is 0 Å². The Hall–Kier alpha value is -1.19. The van der Waals surface area contributed by atoms with E-state index in [0.29, 0.717) is 13.2 Å². The van der Waals surface area contributed by atoms with Gasteiger partial charge in [0.2, 0.25) is 0 Å². The van der Waals surface area contributed by atoms with E-state index in [2.05, 4.69) is 0 Å². The summed E-state index contributed by atoms with van der Waals surface area (Å²) in [5, 5.41) is 0. The Morgan fingerprint density at radius 3 is 3.25 bits per heavy atom. The molecule has 1 aromatic carbocycles. The van der Waals surface area contributed by atoms with Crippen molar-refractivity contribution in [2.24, 2.45) is 5.73 Å². The standard InChI is InChI=1S/C12H14ClNO2/c1-8(5-13)6-15-9-2-3-10-11(14)7-16-12(10)4-9/h2-5,11H,6-7,14H2,1H3/b8-5-. The molecule has 0 bridgehead atoms. The molecular weight excluding hydrogens is 226 g/mol. The number of nitrogens with two attached hydrogens (primary N) is 1. The molecule has 1 unspecified atom stereocenters. The molecule has 3 nitrogen and oxygen atoms in total. The number of fused-ring (bicyclic) bond motifs is 1. The van der Waals surface area contributed by atoms with Crippen molar-refractivity contribution >= 4 is 11.6 Å². The second-order valence-electron chi connectivity index (χ2n) is 3.86. The van der Waals surface area contributed by atoms with Gasteiger partial charge in [-0.25, -0.2) is 0 Å². The highest BCUT2D eigenvalue weighted by molar-refractivity contribution is 6.25. The number of rotatable bonds is 3. The van der Waals surface area contributed by atoms with Crippen molar-refractivity contribution in [3.63, 3.8) is 0 Å². The van der Waals surface area contributed by atoms with Crippen LogP contribution in [0.4, 0.5) is 0 Å². The lowest BCUT2D eigenvalue weighted by atomic mass is 10.1. The van der Waals surface area contributed by atoms with E-state index in [1.165, 1.54) is 5.54 Å². The third kappa shape index (κ3) is 2.31. The first-order valence-corrected chi connectivity index (χ1v) is 5.55. The van der Waals surface area contributed by atoms with E-state index in [1.54, 1.807) is 0 Å². The number of hydrogen-bond acceptors (Lipinski definition) is 3. The monoisotopic (exact) mass is 239 g/mol. The lowest BCUT2D eigenvalue weighted by Gasteiger charge is -2.07. The number of halogens is 1. The average molecular weight is 240 g/mol. The molecule has 16 heavy (non-hydrogen) atoms. The molecule has 1 aromatic rings. The fourth-order valence-electron chi connectivity index (χ4n) is 1.53. The SMILES string of the molecule is C/C(=C/Cl)COc1ccc2c(c1)OCC2N. The normalized spacial score (nSPS) is 19.2. The topological polar surface area (TPSA) is 44.5 Å². The van der Waals surface area contributed by atoms with Crippen molar-refractivity contribution in [2.45, 2.75) is 13.0 Å². The quantitative estimate of drug-likeness (QED) is 0.882. The highest BCUT2D eigenvalue weighted by Crippen LogP contribution is 2.33. The highest BCUT2D eigenvalue weighted by Gasteiger charge is 2.20. The van der Waals surface area contributed by atoms with Gasteiger partial charge in [-0.1, -0.05) is 11.6 Å². The maximum absolute atomic E-state index is 5.85. The maximum atomic E-state index is 5.85. The molecule has 0 fully saturated rings. The van der Waals surface area contributed by atoms with Gasteiger partial charge in [0.25, 0.3) is 0 Å². The second kappa shape index (κ2) is 4.76. The smallest absolute Gasteiger partial charge is 0.127 e. The molecule has 0 saturated carbocycles. The molecule has 86 valence electrons. The van der Waals surface area contributed by atoms with Crippen molar-refractivity contribution in [2.75, 3.05) is 13.2 Å². The van der Waals surface area contributed by atoms with Crippen LogP contribution in [0.5, 0.6) is 11.5 Å². The Kier molecular flexibility index (Phi) is 3.36. The van der Waals surface area contributed by atoms with Crippen LogP contribution in [0.1, 0.15) is 18.5 Å². The van der Waals surface area contributed by atoms with E-state index in [-0.39, 0.29) is 6.04 Å². The number of ether oxygens (including phenoxy) is 2. The largest absolute Gasteiger partial charge is 0.491 e. The van der Waals surface area contributed by atoms with Crippen LogP contribution in [0.15, 0.2) is 29.3 Å². The Morgan fingerprint density at radius 2 is 2.50 bits per heavy atom. The Bertz CT molecular complexity index is 417. The van der Waals surface area contributed by atoms with E-state index in [0.717, 1.165) is 22.6 Å². The van der Waals surface area contributed by atoms with Gasteiger partial charge in [-0.2, -0.15) is 0 Å². The zero-order chi connectivity index (χ0) is 11.5. The van der Waals surface area contributed by atoms with Gasteiger partial charge in [0.1, 0.15) is 24.7 Å². The van der Waals surface area contributed by atoms with Gasteiger partial charge >= 0.3 is 0 Å². The van der Waals surface area contributed by atoms with Crippen LogP contribution in [-0.2, 0) is 0 Å². The first-order chi connectivity index (χ1) is 7.70. The van der Waals surface area contributed by atoms with Crippen LogP contribution < -0.4 is 15.2 Å². The Morgan fingerprint density at radius 1 is 1.69 bits per heavy atom. The molecule has 0 radical (unpaired) electrons. The summed E-state index contributed by atoms with van der Waals surface area (Å²) in [6.45, 7) is 2.93. The minimum Gasteiger partial charge on any atom is -0.491 e. The molecule has 1 aliphatic rings. The van der Waals surface area contributed by atoms with Gasteiger partial charge in [-0.3, -0.25) is 0 Å². The first kappa shape index (κ1) is 11.3. The van der Waals surface area contributed by atoms with Gasteiger partial charge in [0, 0.05) is 17.2 Å². The van der Waals surface area contributed by atoms with Crippen molar-refractivity contribution in [3.05, 3.63) is 34.9 Å². The molecule has 2 rings (SSSR count). The lowest BCUT2D eigenvalue weighted by molar-refractivity contribution is 0.326. The summed E-state index contributed by atoms with van der Waals surface area (Å²) in [7, 11) is 0. The van der Waals surface area contributed by atoms with E-state index in [9.17, 15) is 0 Å². The second-order valence-corrected chi connectivity index (χ2v) is 4.08. The molecule has 1 aliphatic heterocycles. The van der Waals surface area contributed by atoms with Gasteiger partial charge in [0.05, 0.1) is 6.04 Å². The van der Waals surface area contributed by atoms with Gasteiger partial charge in [-0.05, 0) is 24.6 Å². The molecule has 0 aliphatic carbocycles. The number of benzene rings is 1. The maximum Gasteiger partial charge on any atom is 0.127 e. The van der Waals surface area contributed by atoms with Crippen molar-refractivity contribution in [1.82, 2.24) is 0 Å². The third-order valence-corrected chi connectivity index (χ3v) is 2.83. The van der Waals surface area contributed by atoms with E-state index in [1.807, 2.05) is 25.1 Å². The lowest BCUT2D eigenvalue weighted by Crippen LogP contribution is -2.10. The predicted octanol–water partition coefficient (Wildman–Crippen LogP) is 2.60. The summed E-state index contributed by atoms with van der Waals surface area (Å²) >= 11 is 5.55. The minimum atomic E-state index is -0.0199. The van der Waals surface area contributed by atoms with Crippen LogP contribution in [-0.4, -0.2) is 13.2 Å². The van der Waals surface area contributed by atoms with Crippen molar-refractivity contribution < 1.29 is 9.47 Å². The molecule has 0 saturated heterocycles. The van der Waals surface area contributed by atoms with E-state index in [4.69, 9.17) is 26.8 Å². The molecule has 4 heteroatoms. The summed E-state index contributed by atoms with van der Waals surface area (Å²) in [6, 6.07) is 5.69.